The van der Waals surface area contributed by atoms with Crippen LogP contribution in [0.1, 0.15) is 17.3 Å². The number of thiocarbonyl (C=S) groups is 1. The van der Waals surface area contributed by atoms with Crippen LogP contribution in [-0.4, -0.2) is 22.6 Å². The molecule has 0 atom stereocenters. The zero-order valence-corrected chi connectivity index (χ0v) is 20.1. The summed E-state index contributed by atoms with van der Waals surface area (Å²) in [5.74, 6) is 0.0631. The summed E-state index contributed by atoms with van der Waals surface area (Å²) in [6.45, 7) is 1.52. The van der Waals surface area contributed by atoms with Crippen LogP contribution in [0.5, 0.6) is 0 Å². The van der Waals surface area contributed by atoms with E-state index in [-0.39, 0.29) is 17.4 Å². The quantitative estimate of drug-likeness (QED) is 0.188. The van der Waals surface area contributed by atoms with Crippen LogP contribution in [0.15, 0.2) is 71.6 Å². The van der Waals surface area contributed by atoms with Gasteiger partial charge in [0.2, 0.25) is 5.91 Å². The fourth-order valence-corrected chi connectivity index (χ4v) is 4.23. The van der Waals surface area contributed by atoms with E-state index in [0.29, 0.717) is 26.4 Å². The highest BCUT2D eigenvalue weighted by molar-refractivity contribution is 8.00. The number of hydrogen-bond donors (Lipinski definition) is 3. The smallest absolute Gasteiger partial charge is 0.234 e. The molecule has 1 amide bonds. The van der Waals surface area contributed by atoms with Gasteiger partial charge >= 0.3 is 0 Å². The summed E-state index contributed by atoms with van der Waals surface area (Å²) in [7, 11) is 0. The molecule has 0 aromatic heterocycles. The second-order valence-electron chi connectivity index (χ2n) is 6.74. The van der Waals surface area contributed by atoms with Crippen molar-refractivity contribution in [1.82, 2.24) is 0 Å². The molecule has 0 aliphatic rings. The third-order valence-electron chi connectivity index (χ3n) is 4.16. The van der Waals surface area contributed by atoms with Crippen molar-refractivity contribution in [3.8, 4) is 0 Å². The van der Waals surface area contributed by atoms with E-state index in [1.54, 1.807) is 42.5 Å². The summed E-state index contributed by atoms with van der Waals surface area (Å²) in [6.07, 6.45) is 0. The van der Waals surface area contributed by atoms with E-state index in [0.717, 1.165) is 16.3 Å². The molecule has 3 N–H and O–H groups in total. The topological polar surface area (TPSA) is 70.2 Å². The molecular formula is C23H19Cl2N3O2S2. The van der Waals surface area contributed by atoms with Crippen molar-refractivity contribution < 1.29 is 9.59 Å². The van der Waals surface area contributed by atoms with Crippen molar-refractivity contribution in [1.29, 1.82) is 0 Å². The number of benzene rings is 3. The first-order valence-corrected chi connectivity index (χ1v) is 11.6. The van der Waals surface area contributed by atoms with E-state index in [1.165, 1.54) is 18.7 Å². The first-order chi connectivity index (χ1) is 15.3. The summed E-state index contributed by atoms with van der Waals surface area (Å²) in [5, 5.41) is 10.3. The molecule has 0 fully saturated rings. The molecule has 3 aromatic rings. The molecule has 0 saturated heterocycles. The predicted octanol–water partition coefficient (Wildman–Crippen LogP) is 6.74. The number of rotatable bonds is 7. The first-order valence-electron chi connectivity index (χ1n) is 9.46. The number of Topliss-reactive ketones (excluding diaryl/α,β-unsaturated/α-hetero) is 1. The first kappa shape index (κ1) is 24.1. The lowest BCUT2D eigenvalue weighted by Crippen LogP contribution is -2.19. The van der Waals surface area contributed by atoms with Crippen LogP contribution < -0.4 is 16.0 Å². The number of carbonyl (C=O) groups excluding carboxylic acids is 2. The molecule has 0 aliphatic heterocycles. The number of amides is 1. The second-order valence-corrected chi connectivity index (χ2v) is 9.07. The molecule has 0 bridgehead atoms. The van der Waals surface area contributed by atoms with Crippen molar-refractivity contribution >= 4 is 81.0 Å². The van der Waals surface area contributed by atoms with Gasteiger partial charge in [0.05, 0.1) is 5.75 Å². The van der Waals surface area contributed by atoms with Gasteiger partial charge < -0.3 is 16.0 Å². The van der Waals surface area contributed by atoms with Gasteiger partial charge in [-0.3, -0.25) is 9.59 Å². The zero-order valence-electron chi connectivity index (χ0n) is 16.9. The van der Waals surface area contributed by atoms with Crippen molar-refractivity contribution in [2.24, 2.45) is 0 Å². The van der Waals surface area contributed by atoms with Crippen LogP contribution in [0.25, 0.3) is 0 Å². The highest BCUT2D eigenvalue weighted by atomic mass is 35.5. The van der Waals surface area contributed by atoms with Gasteiger partial charge in [0.15, 0.2) is 10.9 Å². The fourth-order valence-electron chi connectivity index (χ4n) is 2.72. The zero-order chi connectivity index (χ0) is 23.1. The number of nitrogens with one attached hydrogen (secondary N) is 3. The van der Waals surface area contributed by atoms with Crippen LogP contribution >= 0.6 is 47.2 Å². The minimum atomic E-state index is -0.169. The molecule has 164 valence electrons. The number of halogens is 2. The molecule has 0 heterocycles. The van der Waals surface area contributed by atoms with Crippen molar-refractivity contribution in [3.63, 3.8) is 0 Å². The molecular weight excluding hydrogens is 485 g/mol. The Bertz CT molecular complexity index is 1130. The van der Waals surface area contributed by atoms with Gasteiger partial charge in [0.25, 0.3) is 0 Å². The minimum Gasteiger partial charge on any atom is -0.332 e. The summed E-state index contributed by atoms with van der Waals surface area (Å²) >= 11 is 18.7. The van der Waals surface area contributed by atoms with Crippen molar-refractivity contribution in [2.45, 2.75) is 11.8 Å². The van der Waals surface area contributed by atoms with Gasteiger partial charge in [-0.25, -0.2) is 0 Å². The number of thioether (sulfide) groups is 1. The van der Waals surface area contributed by atoms with E-state index >= 15 is 0 Å². The monoisotopic (exact) mass is 503 g/mol. The van der Waals surface area contributed by atoms with E-state index in [1.807, 2.05) is 24.3 Å². The Balaban J connectivity index is 1.52. The highest BCUT2D eigenvalue weighted by Gasteiger charge is 2.07. The van der Waals surface area contributed by atoms with Gasteiger partial charge in [0.1, 0.15) is 0 Å². The van der Waals surface area contributed by atoms with Crippen LogP contribution in [-0.2, 0) is 4.79 Å². The molecule has 0 spiro atoms. The summed E-state index contributed by atoms with van der Waals surface area (Å²) in [6, 6.07) is 19.5. The number of hydrogen-bond acceptors (Lipinski definition) is 4. The second kappa shape index (κ2) is 11.3. The van der Waals surface area contributed by atoms with Gasteiger partial charge in [-0.05, 0) is 79.8 Å². The van der Waals surface area contributed by atoms with Crippen molar-refractivity contribution in [3.05, 3.63) is 82.3 Å². The Labute approximate surface area is 205 Å². The summed E-state index contributed by atoms with van der Waals surface area (Å²) in [4.78, 5) is 24.5. The third kappa shape index (κ3) is 7.53. The lowest BCUT2D eigenvalue weighted by Gasteiger charge is -2.12. The van der Waals surface area contributed by atoms with Crippen LogP contribution in [0, 0.1) is 0 Å². The molecule has 0 radical (unpaired) electrons. The highest BCUT2D eigenvalue weighted by Crippen LogP contribution is 2.24. The Hall–Kier alpha value is -2.58. The predicted molar refractivity (Wildman–Crippen MR) is 139 cm³/mol. The van der Waals surface area contributed by atoms with E-state index in [2.05, 4.69) is 16.0 Å². The number of carbonyl (C=O) groups is 2. The maximum absolute atomic E-state index is 12.3. The molecule has 5 nitrogen and oxygen atoms in total. The van der Waals surface area contributed by atoms with Gasteiger partial charge in [-0.15, -0.1) is 11.8 Å². The molecule has 0 unspecified atom stereocenters. The lowest BCUT2D eigenvalue weighted by atomic mass is 10.1. The normalized spacial score (nSPS) is 10.3. The van der Waals surface area contributed by atoms with E-state index < -0.39 is 0 Å². The molecule has 3 aromatic carbocycles. The fraction of sp³-hybridized carbons (Fsp3) is 0.0870. The largest absolute Gasteiger partial charge is 0.332 e. The third-order valence-corrected chi connectivity index (χ3v) is 5.79. The maximum Gasteiger partial charge on any atom is 0.234 e. The van der Waals surface area contributed by atoms with Crippen LogP contribution in [0.4, 0.5) is 17.1 Å². The molecule has 0 aliphatic carbocycles. The number of anilines is 3. The molecule has 32 heavy (non-hydrogen) atoms. The Morgan fingerprint density at radius 3 is 2.16 bits per heavy atom. The van der Waals surface area contributed by atoms with Crippen LogP contribution in [0.2, 0.25) is 10.0 Å². The maximum atomic E-state index is 12.3. The summed E-state index contributed by atoms with van der Waals surface area (Å²) in [5.41, 5.74) is 2.75. The molecule has 9 heteroatoms. The van der Waals surface area contributed by atoms with Gasteiger partial charge in [-0.2, -0.15) is 0 Å². The standard InChI is InChI=1S/C23H19Cl2N3O2S2/c1-14(29)15-5-7-18(8-6-15)27-23(31)28-19-3-2-4-21(12-19)32-13-22(30)26-20-10-16(24)9-17(25)11-20/h2-12H,13H2,1H3,(H,26,30)(H2,27,28,31). The molecule has 3 rings (SSSR count). The van der Waals surface area contributed by atoms with E-state index in [4.69, 9.17) is 35.4 Å². The summed E-state index contributed by atoms with van der Waals surface area (Å²) < 4.78 is 0. The average Bonchev–Trinajstić information content (AvgIpc) is 2.72. The Morgan fingerprint density at radius 1 is 0.844 bits per heavy atom. The van der Waals surface area contributed by atoms with E-state index in [9.17, 15) is 9.59 Å². The van der Waals surface area contributed by atoms with Crippen molar-refractivity contribution in [2.75, 3.05) is 21.7 Å². The minimum absolute atomic E-state index is 0.0108. The average molecular weight is 504 g/mol. The lowest BCUT2D eigenvalue weighted by molar-refractivity contribution is -0.113. The Morgan fingerprint density at radius 2 is 1.50 bits per heavy atom. The SMILES string of the molecule is CC(=O)c1ccc(NC(=S)Nc2cccc(SCC(=O)Nc3cc(Cl)cc(Cl)c3)c2)cc1. The van der Waals surface area contributed by atoms with Gasteiger partial charge in [0, 0.05) is 37.6 Å². The Kier molecular flexibility index (Phi) is 8.53. The van der Waals surface area contributed by atoms with Crippen LogP contribution in [0.3, 0.4) is 0 Å². The molecule has 0 saturated carbocycles. The number of ketones is 1. The van der Waals surface area contributed by atoms with Gasteiger partial charge in [-0.1, -0.05) is 29.3 Å².